The Labute approximate surface area is 198 Å². The van der Waals surface area contributed by atoms with Gasteiger partial charge in [0, 0.05) is 0 Å². The van der Waals surface area contributed by atoms with Gasteiger partial charge in [-0.15, -0.1) is 11.3 Å². The Morgan fingerprint density at radius 3 is 2.38 bits per heavy atom. The Morgan fingerprint density at radius 1 is 1.03 bits per heavy atom. The number of halogens is 1. The van der Waals surface area contributed by atoms with E-state index in [0.717, 1.165) is 17.4 Å². The minimum atomic E-state index is -0.903. The number of benzene rings is 2. The lowest BCUT2D eigenvalue weighted by Crippen LogP contribution is -2.22. The smallest absolute Gasteiger partial charge is 0.341 e. The molecule has 10 heteroatoms. The summed E-state index contributed by atoms with van der Waals surface area (Å²) in [4.78, 5) is 49.2. The van der Waals surface area contributed by atoms with Crippen LogP contribution in [-0.2, 0) is 14.3 Å². The number of nitrogens with one attached hydrogen (secondary N) is 1. The van der Waals surface area contributed by atoms with Crippen molar-refractivity contribution in [2.75, 3.05) is 18.5 Å². The summed E-state index contributed by atoms with van der Waals surface area (Å²) < 4.78 is 23.9. The van der Waals surface area contributed by atoms with Crippen LogP contribution in [0.5, 0.6) is 0 Å². The Morgan fingerprint density at radius 2 is 1.74 bits per heavy atom. The minimum absolute atomic E-state index is 0.00294. The van der Waals surface area contributed by atoms with Gasteiger partial charge in [-0.1, -0.05) is 36.4 Å². The molecule has 2 amide bonds. The number of thiophene rings is 1. The summed E-state index contributed by atoms with van der Waals surface area (Å²) in [6, 6.07) is 12.5. The standard InChI is InChI=1S/C24H21FN2O6S/c1-3-32-24(31)19-13(2)20(21(26)29)34-22(19)27-18(28)12-33-23(30)17-11-15(25)9-10-16(17)14-7-5-4-6-8-14/h4-11H,3,12H2,1-2H3,(H2,26,29)(H,27,28). The Bertz CT molecular complexity index is 1260. The zero-order valence-corrected chi connectivity index (χ0v) is 19.2. The quantitative estimate of drug-likeness (QED) is 0.467. The van der Waals surface area contributed by atoms with Crippen molar-refractivity contribution in [1.29, 1.82) is 0 Å². The fraction of sp³-hybridized carbons (Fsp3) is 0.167. The van der Waals surface area contributed by atoms with Crippen molar-refractivity contribution in [2.45, 2.75) is 13.8 Å². The predicted octanol–water partition coefficient (Wildman–Crippen LogP) is 3.93. The van der Waals surface area contributed by atoms with Gasteiger partial charge in [0.05, 0.1) is 22.6 Å². The molecule has 8 nitrogen and oxygen atoms in total. The molecule has 0 spiro atoms. The number of hydrogen-bond donors (Lipinski definition) is 2. The van der Waals surface area contributed by atoms with Gasteiger partial charge < -0.3 is 20.5 Å². The second kappa shape index (κ2) is 10.7. The van der Waals surface area contributed by atoms with Gasteiger partial charge in [0.1, 0.15) is 10.8 Å². The van der Waals surface area contributed by atoms with Crippen molar-refractivity contribution < 1.29 is 33.0 Å². The van der Waals surface area contributed by atoms with Crippen LogP contribution in [0.3, 0.4) is 0 Å². The van der Waals surface area contributed by atoms with E-state index in [9.17, 15) is 23.6 Å². The number of rotatable bonds is 8. The number of nitrogens with two attached hydrogens (primary N) is 1. The Kier molecular flexibility index (Phi) is 7.75. The molecular formula is C24H21FN2O6S. The molecular weight excluding hydrogens is 463 g/mol. The van der Waals surface area contributed by atoms with Crippen LogP contribution in [-0.4, -0.2) is 37.0 Å². The van der Waals surface area contributed by atoms with Crippen molar-refractivity contribution in [3.63, 3.8) is 0 Å². The molecule has 0 aliphatic heterocycles. The van der Waals surface area contributed by atoms with E-state index in [1.54, 1.807) is 37.3 Å². The predicted molar refractivity (Wildman–Crippen MR) is 124 cm³/mol. The molecule has 0 aliphatic rings. The Hall–Kier alpha value is -4.05. The lowest BCUT2D eigenvalue weighted by atomic mass is 9.99. The van der Waals surface area contributed by atoms with E-state index < -0.39 is 36.2 Å². The molecule has 0 saturated carbocycles. The fourth-order valence-corrected chi connectivity index (χ4v) is 4.28. The molecule has 0 bridgehead atoms. The van der Waals surface area contributed by atoms with Crippen LogP contribution >= 0.6 is 11.3 Å². The number of esters is 2. The topological polar surface area (TPSA) is 125 Å². The molecule has 0 unspecified atom stereocenters. The highest BCUT2D eigenvalue weighted by Gasteiger charge is 2.26. The van der Waals surface area contributed by atoms with E-state index in [4.69, 9.17) is 15.2 Å². The highest BCUT2D eigenvalue weighted by molar-refractivity contribution is 7.18. The summed E-state index contributed by atoms with van der Waals surface area (Å²) in [6.07, 6.45) is 0. The summed E-state index contributed by atoms with van der Waals surface area (Å²) in [5.41, 5.74) is 6.68. The molecule has 0 radical (unpaired) electrons. The molecule has 0 atom stereocenters. The van der Waals surface area contributed by atoms with E-state index in [2.05, 4.69) is 5.32 Å². The monoisotopic (exact) mass is 484 g/mol. The van der Waals surface area contributed by atoms with Gasteiger partial charge >= 0.3 is 11.9 Å². The molecule has 3 rings (SSSR count). The SMILES string of the molecule is CCOC(=O)c1c(NC(=O)COC(=O)c2cc(F)ccc2-c2ccccc2)sc(C(N)=O)c1C. The van der Waals surface area contributed by atoms with Crippen LogP contribution in [0.15, 0.2) is 48.5 Å². The first-order valence-electron chi connectivity index (χ1n) is 10.1. The van der Waals surface area contributed by atoms with E-state index in [1.807, 2.05) is 0 Å². The maximum absolute atomic E-state index is 13.8. The van der Waals surface area contributed by atoms with Crippen molar-refractivity contribution in [3.05, 3.63) is 75.9 Å². The average molecular weight is 485 g/mol. The number of amides is 2. The number of carbonyl (C=O) groups is 4. The third-order valence-electron chi connectivity index (χ3n) is 4.72. The van der Waals surface area contributed by atoms with Crippen molar-refractivity contribution in [1.82, 2.24) is 0 Å². The van der Waals surface area contributed by atoms with Crippen LogP contribution in [0.25, 0.3) is 11.1 Å². The number of anilines is 1. The maximum atomic E-state index is 13.8. The number of carbonyl (C=O) groups excluding carboxylic acids is 4. The highest BCUT2D eigenvalue weighted by atomic mass is 32.1. The third kappa shape index (κ3) is 5.46. The van der Waals surface area contributed by atoms with Crippen molar-refractivity contribution >= 4 is 40.1 Å². The minimum Gasteiger partial charge on any atom is -0.462 e. The molecule has 34 heavy (non-hydrogen) atoms. The summed E-state index contributed by atoms with van der Waals surface area (Å²) in [5.74, 6) is -3.81. The first kappa shape index (κ1) is 24.6. The van der Waals surface area contributed by atoms with E-state index in [-0.39, 0.29) is 33.2 Å². The van der Waals surface area contributed by atoms with E-state index in [1.165, 1.54) is 19.1 Å². The third-order valence-corrected chi connectivity index (χ3v) is 5.95. The molecule has 0 saturated heterocycles. The van der Waals surface area contributed by atoms with Gasteiger partial charge in [0.15, 0.2) is 6.61 Å². The summed E-state index contributed by atoms with van der Waals surface area (Å²) >= 11 is 0.812. The number of primary amides is 1. The molecule has 3 aromatic rings. The maximum Gasteiger partial charge on any atom is 0.341 e. The van der Waals surface area contributed by atoms with Gasteiger partial charge in [-0.3, -0.25) is 9.59 Å². The van der Waals surface area contributed by atoms with Crippen LogP contribution in [0.4, 0.5) is 9.39 Å². The highest BCUT2D eigenvalue weighted by Crippen LogP contribution is 2.33. The van der Waals surface area contributed by atoms with Gasteiger partial charge in [0.2, 0.25) is 0 Å². The van der Waals surface area contributed by atoms with Gasteiger partial charge in [-0.2, -0.15) is 0 Å². The first-order valence-corrected chi connectivity index (χ1v) is 11.0. The van der Waals surface area contributed by atoms with Crippen molar-refractivity contribution in [3.8, 4) is 11.1 Å². The molecule has 2 aromatic carbocycles. The van der Waals surface area contributed by atoms with Gasteiger partial charge in [0.25, 0.3) is 11.8 Å². The van der Waals surface area contributed by atoms with Crippen molar-refractivity contribution in [2.24, 2.45) is 5.73 Å². The molecule has 0 fully saturated rings. The Balaban J connectivity index is 1.77. The lowest BCUT2D eigenvalue weighted by molar-refractivity contribution is -0.119. The normalized spacial score (nSPS) is 10.4. The molecule has 1 aromatic heterocycles. The second-order valence-electron chi connectivity index (χ2n) is 7.03. The number of hydrogen-bond acceptors (Lipinski definition) is 7. The fourth-order valence-electron chi connectivity index (χ4n) is 3.21. The summed E-state index contributed by atoms with van der Waals surface area (Å²) in [7, 11) is 0. The van der Waals surface area contributed by atoms with Crippen LogP contribution in [0.1, 0.15) is 42.9 Å². The van der Waals surface area contributed by atoms with Crippen LogP contribution in [0.2, 0.25) is 0 Å². The van der Waals surface area contributed by atoms with Crippen LogP contribution < -0.4 is 11.1 Å². The van der Waals surface area contributed by atoms with E-state index in [0.29, 0.717) is 11.1 Å². The van der Waals surface area contributed by atoms with Gasteiger partial charge in [-0.25, -0.2) is 14.0 Å². The first-order chi connectivity index (χ1) is 16.2. The molecule has 176 valence electrons. The van der Waals surface area contributed by atoms with E-state index >= 15 is 0 Å². The molecule has 1 heterocycles. The average Bonchev–Trinajstić information content (AvgIpc) is 3.14. The van der Waals surface area contributed by atoms with Gasteiger partial charge in [-0.05, 0) is 42.7 Å². The molecule has 3 N–H and O–H groups in total. The summed E-state index contributed by atoms with van der Waals surface area (Å²) in [6.45, 7) is 2.49. The summed E-state index contributed by atoms with van der Waals surface area (Å²) in [5, 5.41) is 2.49. The van der Waals surface area contributed by atoms with Crippen LogP contribution in [0, 0.1) is 12.7 Å². The molecule has 0 aliphatic carbocycles. The largest absolute Gasteiger partial charge is 0.462 e. The zero-order chi connectivity index (χ0) is 24.8. The zero-order valence-electron chi connectivity index (χ0n) is 18.3. The lowest BCUT2D eigenvalue weighted by Gasteiger charge is -2.11. The number of ether oxygens (including phenoxy) is 2. The second-order valence-corrected chi connectivity index (χ2v) is 8.05.